The molecule has 2 saturated carbocycles. The third-order valence-electron chi connectivity index (χ3n) is 15.9. The molecule has 4 aliphatic carbocycles. The zero-order chi connectivity index (χ0) is 44.4. The van der Waals surface area contributed by atoms with Gasteiger partial charge in [0.1, 0.15) is 29.0 Å². The van der Waals surface area contributed by atoms with E-state index < -0.39 is 30.1 Å². The summed E-state index contributed by atoms with van der Waals surface area (Å²) in [6.45, 7) is 18.5. The molecule has 4 aliphatic rings. The highest BCUT2D eigenvalue weighted by Crippen LogP contribution is 2.71. The van der Waals surface area contributed by atoms with E-state index in [0.717, 1.165) is 68.2 Å². The van der Waals surface area contributed by atoms with E-state index in [0.29, 0.717) is 37.4 Å². The molecule has 9 nitrogen and oxygen atoms in total. The normalized spacial score (nSPS) is 29.9. The second-order valence-corrected chi connectivity index (χ2v) is 20.2. The predicted octanol–water partition coefficient (Wildman–Crippen LogP) is 9.82. The van der Waals surface area contributed by atoms with Crippen LogP contribution in [0, 0.1) is 39.4 Å². The Labute approximate surface area is 358 Å². The van der Waals surface area contributed by atoms with Crippen molar-refractivity contribution in [2.24, 2.45) is 39.4 Å². The van der Waals surface area contributed by atoms with Crippen LogP contribution < -0.4 is 0 Å². The van der Waals surface area contributed by atoms with Crippen molar-refractivity contribution in [3.05, 3.63) is 82.0 Å². The number of hydrogen-bond donors (Lipinski definition) is 5. The Morgan fingerprint density at radius 2 is 1.63 bits per heavy atom. The minimum atomic E-state index is -1.75. The molecule has 1 aromatic carbocycles. The first-order chi connectivity index (χ1) is 28.0. The molecule has 9 heteroatoms. The highest BCUT2D eigenvalue weighted by molar-refractivity contribution is 6.10. The van der Waals surface area contributed by atoms with Crippen LogP contribution in [0.4, 0.5) is 0 Å². The van der Waals surface area contributed by atoms with Crippen LogP contribution in [0.15, 0.2) is 76.4 Å². The smallest absolute Gasteiger partial charge is 0.334 e. The molecule has 330 valence electrons. The number of esters is 1. The van der Waals surface area contributed by atoms with Crippen LogP contribution in [0.25, 0.3) is 0 Å². The van der Waals surface area contributed by atoms with E-state index in [1.807, 2.05) is 26.0 Å². The number of phenolic OH excluding ortho intramolecular Hbond substituents is 2. The van der Waals surface area contributed by atoms with Crippen LogP contribution in [0.3, 0.4) is 0 Å². The Hall–Kier alpha value is -3.79. The Balaban J connectivity index is 1.34. The molecule has 8 atom stereocenters. The summed E-state index contributed by atoms with van der Waals surface area (Å²) in [5.41, 5.74) is 2.57. The fourth-order valence-corrected chi connectivity index (χ4v) is 11.6. The van der Waals surface area contributed by atoms with Crippen molar-refractivity contribution < 1.29 is 44.7 Å². The lowest BCUT2D eigenvalue weighted by molar-refractivity contribution is -0.165. The molecule has 0 spiro atoms. The maximum atomic E-state index is 14.1. The first-order valence-corrected chi connectivity index (χ1v) is 22.2. The van der Waals surface area contributed by atoms with Gasteiger partial charge in [-0.2, -0.15) is 0 Å². The van der Waals surface area contributed by atoms with Gasteiger partial charge in [0.15, 0.2) is 5.78 Å². The number of phenols is 2. The van der Waals surface area contributed by atoms with Crippen LogP contribution in [0.2, 0.25) is 0 Å². The SMILES string of the molecule is C/C(=C\CC/C(C)=C/CC/C(=C/C(=O)c1cc(O)ccc1O)C(=O)O[C@@H](CC[C@@H](C)[C@H]1CC[C@@]2(C)C3=CC[C@H]4C(C)(C)C(=O)CC[C@]4(C)C3=CC[C@]12C)[C@@](C)(O)CO)CO. The summed E-state index contributed by atoms with van der Waals surface area (Å²) >= 11 is 0. The minimum Gasteiger partial charge on any atom is -0.508 e. The zero-order valence-corrected chi connectivity index (χ0v) is 37.7. The number of aromatic hydroxyl groups is 2. The fraction of sp³-hybridized carbons (Fsp3) is 0.627. The molecule has 0 bridgehead atoms. The summed E-state index contributed by atoms with van der Waals surface area (Å²) in [6.07, 6.45) is 17.4. The van der Waals surface area contributed by atoms with Gasteiger partial charge in [-0.05, 0) is 161 Å². The molecule has 0 amide bonds. The number of rotatable bonds is 17. The second kappa shape index (κ2) is 18.3. The quantitative estimate of drug-likeness (QED) is 0.0339. The maximum Gasteiger partial charge on any atom is 0.334 e. The fourth-order valence-electron chi connectivity index (χ4n) is 11.6. The van der Waals surface area contributed by atoms with E-state index in [1.165, 1.54) is 30.2 Å². The number of carbonyl (C=O) groups excluding carboxylic acids is 3. The van der Waals surface area contributed by atoms with Crippen LogP contribution in [0.1, 0.15) is 150 Å². The van der Waals surface area contributed by atoms with Crippen molar-refractivity contribution in [3.8, 4) is 11.5 Å². The van der Waals surface area contributed by atoms with Crippen LogP contribution >= 0.6 is 0 Å². The summed E-state index contributed by atoms with van der Waals surface area (Å²) in [7, 11) is 0. The third kappa shape index (κ3) is 9.19. The minimum absolute atomic E-state index is 0.00527. The third-order valence-corrected chi connectivity index (χ3v) is 15.9. The summed E-state index contributed by atoms with van der Waals surface area (Å²) < 4.78 is 6.07. The Bertz CT molecular complexity index is 1960. The Morgan fingerprint density at radius 3 is 2.32 bits per heavy atom. The van der Waals surface area contributed by atoms with Crippen molar-refractivity contribution in [3.63, 3.8) is 0 Å². The molecule has 0 heterocycles. The lowest BCUT2D eigenvalue weighted by Crippen LogP contribution is -2.53. The van der Waals surface area contributed by atoms with Crippen molar-refractivity contribution in [1.82, 2.24) is 0 Å². The van der Waals surface area contributed by atoms with Gasteiger partial charge in [0.05, 0.1) is 18.8 Å². The van der Waals surface area contributed by atoms with E-state index in [9.17, 15) is 39.9 Å². The molecule has 0 unspecified atom stereocenters. The molecule has 2 fully saturated rings. The lowest BCUT2D eigenvalue weighted by atomic mass is 9.44. The molecule has 0 aromatic heterocycles. The molecule has 0 saturated heterocycles. The van der Waals surface area contributed by atoms with Crippen molar-refractivity contribution in [2.75, 3.05) is 13.2 Å². The van der Waals surface area contributed by atoms with Gasteiger partial charge in [-0.1, -0.05) is 77.0 Å². The number of aliphatic hydroxyl groups is 3. The largest absolute Gasteiger partial charge is 0.508 e. The van der Waals surface area contributed by atoms with Gasteiger partial charge in [0.25, 0.3) is 0 Å². The van der Waals surface area contributed by atoms with Gasteiger partial charge in [-0.15, -0.1) is 0 Å². The lowest BCUT2D eigenvalue weighted by Gasteiger charge is -2.59. The van der Waals surface area contributed by atoms with Crippen LogP contribution in [-0.2, 0) is 14.3 Å². The van der Waals surface area contributed by atoms with Gasteiger partial charge in [0, 0.05) is 17.4 Å². The summed E-state index contributed by atoms with van der Waals surface area (Å²) in [5, 5.41) is 51.5. The number of ketones is 2. The number of fused-ring (bicyclic) bond motifs is 5. The van der Waals surface area contributed by atoms with Gasteiger partial charge in [-0.25, -0.2) is 4.79 Å². The van der Waals surface area contributed by atoms with E-state index >= 15 is 0 Å². The number of benzene rings is 1. The molecule has 0 aliphatic heterocycles. The molecule has 5 N–H and O–H groups in total. The van der Waals surface area contributed by atoms with Crippen LogP contribution in [-0.4, -0.2) is 68.0 Å². The summed E-state index contributed by atoms with van der Waals surface area (Å²) in [6, 6.07) is 3.61. The second-order valence-electron chi connectivity index (χ2n) is 20.2. The van der Waals surface area contributed by atoms with Gasteiger partial charge < -0.3 is 30.3 Å². The Kier molecular flexibility index (Phi) is 14.4. The summed E-state index contributed by atoms with van der Waals surface area (Å²) in [4.78, 5) is 40.6. The van der Waals surface area contributed by atoms with Crippen LogP contribution in [0.5, 0.6) is 11.5 Å². The summed E-state index contributed by atoms with van der Waals surface area (Å²) in [5.74, 6) is -0.810. The van der Waals surface area contributed by atoms with E-state index in [-0.39, 0.29) is 69.2 Å². The standard InChI is InChI=1S/C51H72O9/c1-32(12-10-14-33(2)30-52)13-11-15-35(28-42(56)37-29-36(54)17-19-41(37)55)46(58)60-45(51(9,59)31-53)21-16-34(3)38-22-26-50(8)40-18-20-43-47(4,5)44(57)24-25-48(43,6)39(40)23-27-49(38,50)7/h13-14,17-19,23,28-29,34,38,43,45,52-55,59H,10-12,15-16,20-22,24-27,30-31H2,1-9H3/b32-13+,33-14+,35-28-/t34-,38-,43+,45+,48-,49-,50+,51+/m1/s1. The highest BCUT2D eigenvalue weighted by Gasteiger charge is 2.63. The van der Waals surface area contributed by atoms with Crippen molar-refractivity contribution in [1.29, 1.82) is 0 Å². The van der Waals surface area contributed by atoms with Gasteiger partial charge >= 0.3 is 5.97 Å². The number of carbonyl (C=O) groups is 3. The first kappa shape index (κ1) is 47.3. The molecule has 60 heavy (non-hydrogen) atoms. The number of hydrogen-bond acceptors (Lipinski definition) is 9. The first-order valence-electron chi connectivity index (χ1n) is 22.2. The molecular weight excluding hydrogens is 757 g/mol. The number of allylic oxidation sites excluding steroid dienone is 8. The topological polar surface area (TPSA) is 162 Å². The average Bonchev–Trinajstić information content (AvgIpc) is 3.48. The maximum absolute atomic E-state index is 14.1. The van der Waals surface area contributed by atoms with E-state index in [2.05, 4.69) is 53.7 Å². The number of ether oxygens (including phenoxy) is 1. The molecule has 5 rings (SSSR count). The van der Waals surface area contributed by atoms with Gasteiger partial charge in [-0.3, -0.25) is 9.59 Å². The monoisotopic (exact) mass is 829 g/mol. The highest BCUT2D eigenvalue weighted by atomic mass is 16.6. The average molecular weight is 829 g/mol. The van der Waals surface area contributed by atoms with E-state index in [1.54, 1.807) is 0 Å². The van der Waals surface area contributed by atoms with E-state index in [4.69, 9.17) is 4.74 Å². The van der Waals surface area contributed by atoms with Crippen molar-refractivity contribution >= 4 is 17.5 Å². The zero-order valence-electron chi connectivity index (χ0n) is 37.7. The van der Waals surface area contributed by atoms with Gasteiger partial charge in [0.2, 0.25) is 0 Å². The predicted molar refractivity (Wildman–Crippen MR) is 235 cm³/mol. The molecule has 0 radical (unpaired) electrons. The van der Waals surface area contributed by atoms with Crippen molar-refractivity contribution in [2.45, 2.75) is 151 Å². The Morgan fingerprint density at radius 1 is 0.950 bits per heavy atom. The number of aliphatic hydroxyl groups excluding tert-OH is 2. The molecule has 1 aromatic rings. The molecular formula is C51H72O9. The number of Topliss-reactive ketones (excluding diaryl/α,β-unsaturated/α-hetero) is 1.